The molecule has 0 fully saturated rings. The highest BCUT2D eigenvalue weighted by Gasteiger charge is 2.20. The molecule has 0 spiro atoms. The van der Waals surface area contributed by atoms with Gasteiger partial charge in [-0.1, -0.05) is 170 Å². The Morgan fingerprint density at radius 1 is 0.316 bits per heavy atom. The Labute approximate surface area is 330 Å². The van der Waals surface area contributed by atoms with Gasteiger partial charge in [0, 0.05) is 49.5 Å². The maximum absolute atomic E-state index is 5.53. The van der Waals surface area contributed by atoms with Gasteiger partial charge in [0.2, 0.25) is 0 Å². The summed E-state index contributed by atoms with van der Waals surface area (Å²) in [6.07, 6.45) is 0. The monoisotopic (exact) mass is 726 g/mol. The molecule has 0 aliphatic rings. The van der Waals surface area contributed by atoms with E-state index in [4.69, 9.17) is 15.0 Å². The molecule has 11 aromatic rings. The van der Waals surface area contributed by atoms with Crippen molar-refractivity contribution in [2.24, 2.45) is 0 Å². The van der Waals surface area contributed by atoms with Crippen molar-refractivity contribution in [2.45, 2.75) is 0 Å². The van der Waals surface area contributed by atoms with Gasteiger partial charge in [0.25, 0.3) is 0 Å². The van der Waals surface area contributed by atoms with Gasteiger partial charge in [0.15, 0.2) is 5.82 Å². The molecular formula is C53H34N4. The number of nitrogens with zero attached hydrogens (tertiary/aromatic N) is 4. The van der Waals surface area contributed by atoms with Gasteiger partial charge in [0.1, 0.15) is 0 Å². The smallest absolute Gasteiger partial charge is 0.160 e. The van der Waals surface area contributed by atoms with Crippen LogP contribution in [0.5, 0.6) is 0 Å². The van der Waals surface area contributed by atoms with Crippen LogP contribution in [0.1, 0.15) is 0 Å². The first-order valence-corrected chi connectivity index (χ1v) is 19.3. The molecule has 0 aliphatic carbocycles. The summed E-state index contributed by atoms with van der Waals surface area (Å²) in [4.78, 5) is 15.7. The van der Waals surface area contributed by atoms with E-state index in [1.54, 1.807) is 0 Å². The van der Waals surface area contributed by atoms with Crippen molar-refractivity contribution in [3.63, 3.8) is 0 Å². The van der Waals surface area contributed by atoms with E-state index >= 15 is 0 Å². The zero-order chi connectivity index (χ0) is 37.7. The normalized spacial score (nSPS) is 11.5. The Kier molecular flexibility index (Phi) is 7.78. The first kappa shape index (κ1) is 32.7. The van der Waals surface area contributed by atoms with Crippen molar-refractivity contribution in [1.82, 2.24) is 19.5 Å². The highest BCUT2D eigenvalue weighted by molar-refractivity contribution is 6.23. The topological polar surface area (TPSA) is 43.6 Å². The molecule has 3 heterocycles. The summed E-state index contributed by atoms with van der Waals surface area (Å²) in [5.41, 5.74) is 13.5. The second-order valence-electron chi connectivity index (χ2n) is 14.4. The molecule has 4 heteroatoms. The minimum Gasteiger partial charge on any atom is -0.307 e. The Hall–Kier alpha value is -7.69. The average Bonchev–Trinajstić information content (AvgIpc) is 3.64. The third kappa shape index (κ3) is 5.66. The highest BCUT2D eigenvalue weighted by Crippen LogP contribution is 2.41. The van der Waals surface area contributed by atoms with Gasteiger partial charge in [0.05, 0.1) is 33.6 Å². The molecule has 57 heavy (non-hydrogen) atoms. The third-order valence-electron chi connectivity index (χ3n) is 11.0. The van der Waals surface area contributed by atoms with Crippen LogP contribution in [-0.2, 0) is 0 Å². The molecule has 4 nitrogen and oxygen atoms in total. The maximum atomic E-state index is 5.53. The molecule has 8 aromatic carbocycles. The van der Waals surface area contributed by atoms with Crippen LogP contribution in [0.4, 0.5) is 0 Å². The molecule has 0 amide bonds. The Bertz CT molecular complexity index is 3210. The van der Waals surface area contributed by atoms with E-state index in [0.717, 1.165) is 88.9 Å². The third-order valence-corrected chi connectivity index (χ3v) is 11.0. The number of aromatic nitrogens is 4. The summed E-state index contributed by atoms with van der Waals surface area (Å²) in [6, 6.07) is 72.6. The van der Waals surface area contributed by atoms with E-state index in [0.29, 0.717) is 5.82 Å². The van der Waals surface area contributed by atoms with Gasteiger partial charge in [-0.2, -0.15) is 0 Å². The highest BCUT2D eigenvalue weighted by atomic mass is 15.0. The largest absolute Gasteiger partial charge is 0.307 e. The summed E-state index contributed by atoms with van der Waals surface area (Å²) < 4.78 is 2.39. The van der Waals surface area contributed by atoms with Crippen LogP contribution in [-0.4, -0.2) is 19.5 Å². The number of fused-ring (bicyclic) bond motifs is 7. The summed E-state index contributed by atoms with van der Waals surface area (Å²) >= 11 is 0. The minimum atomic E-state index is 0.705. The number of hydrogen-bond donors (Lipinski definition) is 0. The first-order valence-electron chi connectivity index (χ1n) is 19.3. The molecule has 0 saturated heterocycles. The van der Waals surface area contributed by atoms with Crippen molar-refractivity contribution < 1.29 is 0 Å². The molecule has 0 N–H and O–H groups in total. The number of pyridine rings is 1. The predicted octanol–water partition coefficient (Wildman–Crippen LogP) is 13.6. The van der Waals surface area contributed by atoms with Crippen molar-refractivity contribution in [1.29, 1.82) is 0 Å². The molecule has 0 bridgehead atoms. The zero-order valence-electron chi connectivity index (χ0n) is 30.9. The number of rotatable bonds is 6. The van der Waals surface area contributed by atoms with Crippen molar-refractivity contribution in [3.05, 3.63) is 206 Å². The SMILES string of the molecule is c1ccc(-c2cc(-c3cccc(-c4ccc5c(c4)c4ccc6c7ccccc7c(-c7ccccc7)nc6c4n5-c4ccccc4)c3)nc(-c3ccccc3)n2)cc1. The fourth-order valence-corrected chi connectivity index (χ4v) is 8.28. The predicted molar refractivity (Wildman–Crippen MR) is 236 cm³/mol. The van der Waals surface area contributed by atoms with Crippen LogP contribution in [0.15, 0.2) is 206 Å². The van der Waals surface area contributed by atoms with Gasteiger partial charge in [-0.15, -0.1) is 0 Å². The molecule has 0 saturated carbocycles. The van der Waals surface area contributed by atoms with Gasteiger partial charge >= 0.3 is 0 Å². The summed E-state index contributed by atoms with van der Waals surface area (Å²) in [6.45, 7) is 0. The minimum absolute atomic E-state index is 0.705. The lowest BCUT2D eigenvalue weighted by Gasteiger charge is -2.13. The van der Waals surface area contributed by atoms with Crippen LogP contribution < -0.4 is 0 Å². The average molecular weight is 727 g/mol. The summed E-state index contributed by atoms with van der Waals surface area (Å²) in [5.74, 6) is 0.705. The number of hydrogen-bond acceptors (Lipinski definition) is 3. The molecule has 11 rings (SSSR count). The standard InChI is InChI=1S/C53H34N4/c1-5-16-35(17-6-1)47-34-48(55-53(54-47)37-20-9-3-10-21-37)40-23-15-22-38(32-40)39-28-31-49-46(33-39)45-30-29-44-42-26-13-14-27-43(42)50(36-18-7-2-8-19-36)56-51(44)52(45)57(49)41-24-11-4-12-25-41/h1-34H. The lowest BCUT2D eigenvalue weighted by atomic mass is 9.97. The summed E-state index contributed by atoms with van der Waals surface area (Å²) in [5, 5.41) is 5.82. The van der Waals surface area contributed by atoms with Gasteiger partial charge in [-0.3, -0.25) is 0 Å². The van der Waals surface area contributed by atoms with E-state index < -0.39 is 0 Å². The molecule has 0 unspecified atom stereocenters. The molecule has 0 atom stereocenters. The van der Waals surface area contributed by atoms with Crippen molar-refractivity contribution in [3.8, 4) is 62.0 Å². The number of para-hydroxylation sites is 1. The molecule has 0 radical (unpaired) electrons. The van der Waals surface area contributed by atoms with Gasteiger partial charge < -0.3 is 4.57 Å². The van der Waals surface area contributed by atoms with E-state index in [-0.39, 0.29) is 0 Å². The maximum Gasteiger partial charge on any atom is 0.160 e. The van der Waals surface area contributed by atoms with E-state index in [1.165, 1.54) is 10.8 Å². The van der Waals surface area contributed by atoms with E-state index in [9.17, 15) is 0 Å². The van der Waals surface area contributed by atoms with Crippen LogP contribution in [0.2, 0.25) is 0 Å². The Morgan fingerprint density at radius 3 is 1.61 bits per heavy atom. The van der Waals surface area contributed by atoms with Crippen LogP contribution in [0.25, 0.3) is 105 Å². The van der Waals surface area contributed by atoms with Crippen molar-refractivity contribution in [2.75, 3.05) is 0 Å². The fraction of sp³-hybridized carbons (Fsp3) is 0. The Balaban J connectivity index is 1.12. The zero-order valence-corrected chi connectivity index (χ0v) is 30.9. The van der Waals surface area contributed by atoms with Crippen molar-refractivity contribution >= 4 is 43.5 Å². The van der Waals surface area contributed by atoms with Gasteiger partial charge in [-0.05, 0) is 52.9 Å². The second kappa shape index (κ2) is 13.6. The second-order valence-corrected chi connectivity index (χ2v) is 14.4. The lowest BCUT2D eigenvalue weighted by molar-refractivity contribution is 1.18. The summed E-state index contributed by atoms with van der Waals surface area (Å²) in [7, 11) is 0. The molecule has 266 valence electrons. The quantitative estimate of drug-likeness (QED) is 0.160. The van der Waals surface area contributed by atoms with Crippen LogP contribution >= 0.6 is 0 Å². The first-order chi connectivity index (χ1) is 28.3. The van der Waals surface area contributed by atoms with E-state index in [1.807, 2.05) is 36.4 Å². The molecular weight excluding hydrogens is 693 g/mol. The Morgan fingerprint density at radius 2 is 0.877 bits per heavy atom. The van der Waals surface area contributed by atoms with E-state index in [2.05, 4.69) is 174 Å². The molecule has 0 aliphatic heterocycles. The fourth-order valence-electron chi connectivity index (χ4n) is 8.28. The lowest BCUT2D eigenvalue weighted by Crippen LogP contribution is -1.96. The van der Waals surface area contributed by atoms with Crippen LogP contribution in [0, 0.1) is 0 Å². The number of benzene rings is 8. The van der Waals surface area contributed by atoms with Crippen LogP contribution in [0.3, 0.4) is 0 Å². The van der Waals surface area contributed by atoms with Gasteiger partial charge in [-0.25, -0.2) is 15.0 Å². The molecule has 3 aromatic heterocycles.